The van der Waals surface area contributed by atoms with Crippen LogP contribution in [0.3, 0.4) is 0 Å². The van der Waals surface area contributed by atoms with Crippen molar-refractivity contribution in [3.05, 3.63) is 53.6 Å². The SMILES string of the molecule is COc1cccc(-n2nnnc2SCC(=O)Nc2ccc(Cl)cc2)c1. The smallest absolute Gasteiger partial charge is 0.234 e. The first-order valence-electron chi connectivity index (χ1n) is 7.27. The minimum Gasteiger partial charge on any atom is -0.497 e. The zero-order valence-electron chi connectivity index (χ0n) is 13.2. The van der Waals surface area contributed by atoms with Crippen LogP contribution >= 0.6 is 23.4 Å². The Balaban J connectivity index is 1.65. The molecule has 0 aliphatic rings. The Morgan fingerprint density at radius 2 is 2.08 bits per heavy atom. The summed E-state index contributed by atoms with van der Waals surface area (Å²) in [5.74, 6) is 0.712. The molecule has 1 heterocycles. The molecule has 9 heteroatoms. The van der Waals surface area contributed by atoms with Crippen LogP contribution in [0.25, 0.3) is 5.69 Å². The van der Waals surface area contributed by atoms with Gasteiger partial charge in [0.1, 0.15) is 5.75 Å². The summed E-state index contributed by atoms with van der Waals surface area (Å²) in [6.07, 6.45) is 0. The molecule has 0 radical (unpaired) electrons. The summed E-state index contributed by atoms with van der Waals surface area (Å²) in [5.41, 5.74) is 1.44. The topological polar surface area (TPSA) is 81.9 Å². The third-order valence-corrected chi connectivity index (χ3v) is 4.37. The second-order valence-electron chi connectivity index (χ2n) is 4.92. The monoisotopic (exact) mass is 375 g/mol. The van der Waals surface area contributed by atoms with Gasteiger partial charge in [-0.2, -0.15) is 4.68 Å². The Kier molecular flexibility index (Phi) is 5.52. The second-order valence-corrected chi connectivity index (χ2v) is 6.30. The highest BCUT2D eigenvalue weighted by atomic mass is 35.5. The summed E-state index contributed by atoms with van der Waals surface area (Å²) in [7, 11) is 1.59. The third-order valence-electron chi connectivity index (χ3n) is 3.20. The molecule has 0 atom stereocenters. The number of thioether (sulfide) groups is 1. The van der Waals surface area contributed by atoms with Gasteiger partial charge in [-0.1, -0.05) is 29.4 Å². The lowest BCUT2D eigenvalue weighted by atomic mass is 10.3. The van der Waals surface area contributed by atoms with E-state index < -0.39 is 0 Å². The maximum Gasteiger partial charge on any atom is 0.234 e. The molecule has 7 nitrogen and oxygen atoms in total. The number of benzene rings is 2. The van der Waals surface area contributed by atoms with E-state index in [9.17, 15) is 4.79 Å². The standard InChI is InChI=1S/C16H14ClN5O2S/c1-24-14-4-2-3-13(9-14)22-16(19-20-21-22)25-10-15(23)18-12-7-5-11(17)6-8-12/h2-9H,10H2,1H3,(H,18,23). The molecule has 128 valence electrons. The van der Waals surface area contributed by atoms with Crippen LogP contribution in [0.4, 0.5) is 5.69 Å². The molecule has 1 N–H and O–H groups in total. The van der Waals surface area contributed by atoms with E-state index >= 15 is 0 Å². The fourth-order valence-corrected chi connectivity index (χ4v) is 2.85. The van der Waals surface area contributed by atoms with E-state index in [1.165, 1.54) is 11.8 Å². The number of anilines is 1. The number of methoxy groups -OCH3 is 1. The summed E-state index contributed by atoms with van der Waals surface area (Å²) in [4.78, 5) is 12.1. The molecule has 3 aromatic rings. The maximum absolute atomic E-state index is 12.1. The van der Waals surface area contributed by atoms with Gasteiger partial charge in [0.2, 0.25) is 11.1 Å². The second kappa shape index (κ2) is 8.00. The summed E-state index contributed by atoms with van der Waals surface area (Å²) in [6.45, 7) is 0. The first kappa shape index (κ1) is 17.2. The van der Waals surface area contributed by atoms with Crippen LogP contribution in [-0.2, 0) is 4.79 Å². The molecule has 0 saturated heterocycles. The van der Waals surface area contributed by atoms with Gasteiger partial charge in [-0.25, -0.2) is 0 Å². The van der Waals surface area contributed by atoms with Gasteiger partial charge in [0.25, 0.3) is 0 Å². The van der Waals surface area contributed by atoms with Crippen LogP contribution in [0.15, 0.2) is 53.7 Å². The number of aromatic nitrogens is 4. The van der Waals surface area contributed by atoms with E-state index in [1.54, 1.807) is 36.1 Å². The van der Waals surface area contributed by atoms with Crippen molar-refractivity contribution in [2.75, 3.05) is 18.2 Å². The number of hydrogen-bond acceptors (Lipinski definition) is 6. The number of hydrogen-bond donors (Lipinski definition) is 1. The Labute approximate surface area is 153 Å². The first-order chi connectivity index (χ1) is 12.2. The van der Waals surface area contributed by atoms with Gasteiger partial charge in [-0.15, -0.1) is 5.10 Å². The van der Waals surface area contributed by atoms with Crippen molar-refractivity contribution in [2.24, 2.45) is 0 Å². The fraction of sp³-hybridized carbons (Fsp3) is 0.125. The molecular weight excluding hydrogens is 362 g/mol. The molecule has 3 rings (SSSR count). The molecule has 0 spiro atoms. The average molecular weight is 376 g/mol. The fourth-order valence-electron chi connectivity index (χ4n) is 2.03. The van der Waals surface area contributed by atoms with E-state index in [4.69, 9.17) is 16.3 Å². The molecule has 0 unspecified atom stereocenters. The van der Waals surface area contributed by atoms with E-state index in [0.29, 0.717) is 21.6 Å². The van der Waals surface area contributed by atoms with Gasteiger partial charge in [-0.05, 0) is 46.8 Å². The van der Waals surface area contributed by atoms with Crippen LogP contribution in [0.2, 0.25) is 5.02 Å². The lowest BCUT2D eigenvalue weighted by Gasteiger charge is -2.07. The van der Waals surface area contributed by atoms with Crippen molar-refractivity contribution >= 4 is 35.0 Å². The summed E-state index contributed by atoms with van der Waals surface area (Å²) in [6, 6.07) is 14.3. The molecule has 0 fully saturated rings. The molecular formula is C16H14ClN5O2S. The summed E-state index contributed by atoms with van der Waals surface area (Å²) < 4.78 is 6.76. The zero-order chi connectivity index (χ0) is 17.6. The van der Waals surface area contributed by atoms with E-state index in [2.05, 4.69) is 20.8 Å². The predicted molar refractivity (Wildman–Crippen MR) is 96.5 cm³/mol. The highest BCUT2D eigenvalue weighted by molar-refractivity contribution is 7.99. The molecule has 0 aliphatic carbocycles. The normalized spacial score (nSPS) is 10.5. The highest BCUT2D eigenvalue weighted by Crippen LogP contribution is 2.21. The lowest BCUT2D eigenvalue weighted by molar-refractivity contribution is -0.113. The molecule has 2 aromatic carbocycles. The number of nitrogens with zero attached hydrogens (tertiary/aromatic N) is 4. The number of nitrogens with one attached hydrogen (secondary N) is 1. The molecule has 1 amide bonds. The van der Waals surface area contributed by atoms with Crippen molar-refractivity contribution < 1.29 is 9.53 Å². The number of carbonyl (C=O) groups excluding carboxylic acids is 1. The van der Waals surface area contributed by atoms with Crippen LogP contribution in [0.5, 0.6) is 5.75 Å². The zero-order valence-corrected chi connectivity index (χ0v) is 14.8. The number of ether oxygens (including phenoxy) is 1. The predicted octanol–water partition coefficient (Wildman–Crippen LogP) is 3.06. The first-order valence-corrected chi connectivity index (χ1v) is 8.63. The number of carbonyl (C=O) groups is 1. The minimum absolute atomic E-state index is 0.160. The van der Waals surface area contributed by atoms with Crippen LogP contribution < -0.4 is 10.1 Å². The van der Waals surface area contributed by atoms with Crippen molar-refractivity contribution in [1.82, 2.24) is 20.2 Å². The summed E-state index contributed by atoms with van der Waals surface area (Å²) in [5, 5.41) is 15.5. The van der Waals surface area contributed by atoms with Gasteiger partial charge < -0.3 is 10.1 Å². The molecule has 0 saturated carbocycles. The van der Waals surface area contributed by atoms with Gasteiger partial charge in [0.05, 0.1) is 18.6 Å². The minimum atomic E-state index is -0.160. The summed E-state index contributed by atoms with van der Waals surface area (Å²) >= 11 is 7.06. The Hall–Kier alpha value is -2.58. The van der Waals surface area contributed by atoms with E-state index in [0.717, 1.165) is 5.69 Å². The average Bonchev–Trinajstić information content (AvgIpc) is 3.10. The van der Waals surface area contributed by atoms with Crippen molar-refractivity contribution in [1.29, 1.82) is 0 Å². The van der Waals surface area contributed by atoms with Crippen molar-refractivity contribution in [3.8, 4) is 11.4 Å². The Bertz CT molecular complexity index is 869. The largest absolute Gasteiger partial charge is 0.497 e. The maximum atomic E-state index is 12.1. The molecule has 0 aliphatic heterocycles. The van der Waals surface area contributed by atoms with E-state index in [1.807, 2.05) is 24.3 Å². The Morgan fingerprint density at radius 1 is 1.28 bits per heavy atom. The number of tetrazole rings is 1. The molecule has 25 heavy (non-hydrogen) atoms. The molecule has 0 bridgehead atoms. The van der Waals surface area contributed by atoms with Gasteiger partial charge in [-0.3, -0.25) is 4.79 Å². The molecule has 1 aromatic heterocycles. The van der Waals surface area contributed by atoms with Crippen molar-refractivity contribution in [3.63, 3.8) is 0 Å². The third kappa shape index (κ3) is 4.49. The highest BCUT2D eigenvalue weighted by Gasteiger charge is 2.12. The number of halogens is 1. The quantitative estimate of drug-likeness (QED) is 0.667. The van der Waals surface area contributed by atoms with Crippen LogP contribution in [0, 0.1) is 0 Å². The van der Waals surface area contributed by atoms with Crippen LogP contribution in [0.1, 0.15) is 0 Å². The Morgan fingerprint density at radius 3 is 2.84 bits per heavy atom. The number of rotatable bonds is 6. The van der Waals surface area contributed by atoms with E-state index in [-0.39, 0.29) is 11.7 Å². The number of amides is 1. The lowest BCUT2D eigenvalue weighted by Crippen LogP contribution is -2.14. The van der Waals surface area contributed by atoms with Crippen molar-refractivity contribution in [2.45, 2.75) is 5.16 Å². The van der Waals surface area contributed by atoms with Crippen LogP contribution in [-0.4, -0.2) is 39.0 Å². The van der Waals surface area contributed by atoms with Gasteiger partial charge in [0.15, 0.2) is 0 Å². The van der Waals surface area contributed by atoms with Gasteiger partial charge >= 0.3 is 0 Å². The van der Waals surface area contributed by atoms with Gasteiger partial charge in [0, 0.05) is 16.8 Å².